The zero-order chi connectivity index (χ0) is 15.8. The molecule has 0 atom stereocenters. The molecule has 0 radical (unpaired) electrons. The number of carbonyl (C=O) groups is 1. The molecule has 0 aliphatic heterocycles. The summed E-state index contributed by atoms with van der Waals surface area (Å²) < 4.78 is 36.6. The number of hydrogen-bond donors (Lipinski definition) is 2. The van der Waals surface area contributed by atoms with Crippen LogP contribution >= 0.6 is 0 Å². The molecular weight excluding hydrogens is 300 g/mol. The number of rotatable bonds is 5. The first-order valence-corrected chi connectivity index (χ1v) is 7.46. The van der Waals surface area contributed by atoms with E-state index in [1.165, 1.54) is 6.92 Å². The normalized spacial score (nSPS) is 11.8. The van der Waals surface area contributed by atoms with Crippen LogP contribution in [0.15, 0.2) is 19.9 Å². The third kappa shape index (κ3) is 2.98. The maximum atomic E-state index is 12.2. The molecule has 0 bridgehead atoms. The Hall–Kier alpha value is -2.13. The van der Waals surface area contributed by atoms with Crippen molar-refractivity contribution in [3.05, 3.63) is 34.6 Å². The van der Waals surface area contributed by atoms with Gasteiger partial charge in [-0.3, -0.25) is 0 Å². The third-order valence-electron chi connectivity index (χ3n) is 2.99. The number of sulfonamides is 1. The number of aryl methyl sites for hydroxylation is 3. The first-order valence-electron chi connectivity index (χ1n) is 5.97. The Labute approximate surface area is 120 Å². The summed E-state index contributed by atoms with van der Waals surface area (Å²) in [5.74, 6) is -1.22. The van der Waals surface area contributed by atoms with Gasteiger partial charge < -0.3 is 14.0 Å². The second-order valence-electron chi connectivity index (χ2n) is 4.46. The Bertz CT molecular complexity index is 767. The number of carboxylic acid groups (broad SMARTS) is 1. The summed E-state index contributed by atoms with van der Waals surface area (Å²) in [6, 6.07) is 0.979. The van der Waals surface area contributed by atoms with Gasteiger partial charge in [-0.25, -0.2) is 17.9 Å². The zero-order valence-electron chi connectivity index (χ0n) is 11.6. The van der Waals surface area contributed by atoms with E-state index in [-0.39, 0.29) is 17.2 Å². The summed E-state index contributed by atoms with van der Waals surface area (Å²) >= 11 is 0. The van der Waals surface area contributed by atoms with Crippen LogP contribution in [0.4, 0.5) is 0 Å². The van der Waals surface area contributed by atoms with E-state index in [4.69, 9.17) is 14.0 Å². The standard InChI is InChI=1S/C12H14N2O6S/c1-6-9(7(2)20-14-6)5-13-21(17,18)11-4-10(12(15)16)19-8(11)3/h4,13H,5H2,1-3H3,(H,15,16). The first kappa shape index (κ1) is 15.3. The predicted molar refractivity (Wildman–Crippen MR) is 70.4 cm³/mol. The lowest BCUT2D eigenvalue weighted by Crippen LogP contribution is -2.24. The smallest absolute Gasteiger partial charge is 0.371 e. The van der Waals surface area contributed by atoms with Crippen molar-refractivity contribution in [1.29, 1.82) is 0 Å². The van der Waals surface area contributed by atoms with Crippen molar-refractivity contribution < 1.29 is 27.3 Å². The summed E-state index contributed by atoms with van der Waals surface area (Å²) in [7, 11) is -3.89. The van der Waals surface area contributed by atoms with E-state index >= 15 is 0 Å². The van der Waals surface area contributed by atoms with Gasteiger partial charge in [0.2, 0.25) is 15.8 Å². The summed E-state index contributed by atoms with van der Waals surface area (Å²) in [4.78, 5) is 10.6. The van der Waals surface area contributed by atoms with Gasteiger partial charge in [0.05, 0.1) is 5.69 Å². The summed E-state index contributed by atoms with van der Waals surface area (Å²) in [6.07, 6.45) is 0. The van der Waals surface area contributed by atoms with Gasteiger partial charge in [0, 0.05) is 18.2 Å². The molecule has 0 saturated carbocycles. The van der Waals surface area contributed by atoms with Crippen LogP contribution in [0.1, 0.15) is 33.3 Å². The Kier molecular flexibility index (Phi) is 3.88. The topological polar surface area (TPSA) is 123 Å². The molecule has 2 rings (SSSR count). The molecule has 0 aliphatic carbocycles. The van der Waals surface area contributed by atoms with E-state index in [1.54, 1.807) is 13.8 Å². The van der Waals surface area contributed by atoms with Gasteiger partial charge in [0.15, 0.2) is 0 Å². The average Bonchev–Trinajstić information content (AvgIpc) is 2.92. The minimum absolute atomic E-state index is 0.00345. The Morgan fingerprint density at radius 2 is 2.00 bits per heavy atom. The fraction of sp³-hybridized carbons (Fsp3) is 0.333. The van der Waals surface area contributed by atoms with Gasteiger partial charge in [-0.2, -0.15) is 0 Å². The number of nitrogens with zero attached hydrogens (tertiary/aromatic N) is 1. The Balaban J connectivity index is 2.25. The summed E-state index contributed by atoms with van der Waals surface area (Å²) in [6.45, 7) is 4.76. The van der Waals surface area contributed by atoms with E-state index in [0.717, 1.165) is 6.07 Å². The van der Waals surface area contributed by atoms with Crippen LogP contribution in [0.2, 0.25) is 0 Å². The Morgan fingerprint density at radius 1 is 1.33 bits per heavy atom. The quantitative estimate of drug-likeness (QED) is 0.854. The van der Waals surface area contributed by atoms with Crippen molar-refractivity contribution in [1.82, 2.24) is 9.88 Å². The van der Waals surface area contributed by atoms with Crippen LogP contribution < -0.4 is 4.72 Å². The molecule has 2 heterocycles. The highest BCUT2D eigenvalue weighted by Crippen LogP contribution is 2.21. The highest BCUT2D eigenvalue weighted by molar-refractivity contribution is 7.89. The van der Waals surface area contributed by atoms with Crippen LogP contribution in [0.3, 0.4) is 0 Å². The van der Waals surface area contributed by atoms with Gasteiger partial charge in [0.25, 0.3) is 0 Å². The molecule has 0 aromatic carbocycles. The van der Waals surface area contributed by atoms with E-state index in [9.17, 15) is 13.2 Å². The molecule has 0 amide bonds. The number of aromatic nitrogens is 1. The molecule has 0 spiro atoms. The van der Waals surface area contributed by atoms with Gasteiger partial charge in [-0.05, 0) is 20.8 Å². The van der Waals surface area contributed by atoms with Crippen molar-refractivity contribution in [2.45, 2.75) is 32.2 Å². The maximum absolute atomic E-state index is 12.2. The molecule has 0 fully saturated rings. The zero-order valence-corrected chi connectivity index (χ0v) is 12.4. The molecule has 2 N–H and O–H groups in total. The number of carboxylic acids is 1. The molecule has 21 heavy (non-hydrogen) atoms. The maximum Gasteiger partial charge on any atom is 0.371 e. The SMILES string of the molecule is Cc1noc(C)c1CNS(=O)(=O)c1cc(C(=O)O)oc1C. The third-order valence-corrected chi connectivity index (χ3v) is 4.50. The lowest BCUT2D eigenvalue weighted by atomic mass is 10.2. The van der Waals surface area contributed by atoms with Gasteiger partial charge in [-0.1, -0.05) is 5.16 Å². The molecule has 2 aromatic rings. The molecular formula is C12H14N2O6S. The Morgan fingerprint density at radius 3 is 2.48 bits per heavy atom. The second-order valence-corrected chi connectivity index (χ2v) is 6.20. The van der Waals surface area contributed by atoms with Crippen LogP contribution in [-0.4, -0.2) is 24.7 Å². The summed E-state index contributed by atoms with van der Waals surface area (Å²) in [5, 5.41) is 12.5. The molecule has 114 valence electrons. The fourth-order valence-electron chi connectivity index (χ4n) is 1.84. The molecule has 8 nitrogen and oxygen atoms in total. The highest BCUT2D eigenvalue weighted by atomic mass is 32.2. The van der Waals surface area contributed by atoms with Crippen LogP contribution in [0, 0.1) is 20.8 Å². The van der Waals surface area contributed by atoms with E-state index in [1.807, 2.05) is 0 Å². The van der Waals surface area contributed by atoms with Crippen LogP contribution in [0.5, 0.6) is 0 Å². The molecule has 0 aliphatic rings. The lowest BCUT2D eigenvalue weighted by Gasteiger charge is -2.05. The van der Waals surface area contributed by atoms with Crippen molar-refractivity contribution in [2.24, 2.45) is 0 Å². The minimum Gasteiger partial charge on any atom is -0.475 e. The van der Waals surface area contributed by atoms with Crippen molar-refractivity contribution in [2.75, 3.05) is 0 Å². The van der Waals surface area contributed by atoms with Crippen molar-refractivity contribution in [3.63, 3.8) is 0 Å². The number of nitrogens with one attached hydrogen (secondary N) is 1. The van der Waals surface area contributed by atoms with Crippen LogP contribution in [0.25, 0.3) is 0 Å². The fourth-order valence-corrected chi connectivity index (χ4v) is 3.01. The van der Waals surface area contributed by atoms with E-state index in [0.29, 0.717) is 17.0 Å². The largest absolute Gasteiger partial charge is 0.475 e. The lowest BCUT2D eigenvalue weighted by molar-refractivity contribution is 0.0661. The number of furan rings is 1. The van der Waals surface area contributed by atoms with Crippen LogP contribution in [-0.2, 0) is 16.6 Å². The monoisotopic (exact) mass is 314 g/mol. The van der Waals surface area contributed by atoms with Crippen molar-refractivity contribution in [3.8, 4) is 0 Å². The number of hydrogen-bond acceptors (Lipinski definition) is 6. The van der Waals surface area contributed by atoms with Gasteiger partial charge in [-0.15, -0.1) is 0 Å². The molecule has 9 heteroatoms. The van der Waals surface area contributed by atoms with E-state index in [2.05, 4.69) is 9.88 Å². The molecule has 0 unspecified atom stereocenters. The summed E-state index contributed by atoms with van der Waals surface area (Å²) in [5.41, 5.74) is 1.23. The van der Waals surface area contributed by atoms with Gasteiger partial charge >= 0.3 is 5.97 Å². The molecule has 0 saturated heterocycles. The first-order chi connectivity index (χ1) is 9.72. The number of aromatic carboxylic acids is 1. The van der Waals surface area contributed by atoms with Gasteiger partial charge in [0.1, 0.15) is 16.4 Å². The predicted octanol–water partition coefficient (Wildman–Crippen LogP) is 1.37. The minimum atomic E-state index is -3.89. The molecule has 2 aromatic heterocycles. The second kappa shape index (κ2) is 5.34. The highest BCUT2D eigenvalue weighted by Gasteiger charge is 2.24. The van der Waals surface area contributed by atoms with Crippen molar-refractivity contribution >= 4 is 16.0 Å². The van der Waals surface area contributed by atoms with E-state index < -0.39 is 21.8 Å². The average molecular weight is 314 g/mol.